The van der Waals surface area contributed by atoms with Crippen LogP contribution in [0.3, 0.4) is 0 Å². The third-order valence-corrected chi connectivity index (χ3v) is 7.85. The number of carboxylic acid groups (broad SMARTS) is 1. The van der Waals surface area contributed by atoms with Crippen LogP contribution in [0, 0.1) is 0 Å². The molecular formula is C21H20ClF3N2O3S2. The number of halogens is 4. The Morgan fingerprint density at radius 1 is 1.22 bits per heavy atom. The summed E-state index contributed by atoms with van der Waals surface area (Å²) in [4.78, 5) is 24.5. The average Bonchev–Trinajstić information content (AvgIpc) is 3.35. The maximum atomic E-state index is 12.8. The van der Waals surface area contributed by atoms with Gasteiger partial charge in [-0.15, -0.1) is 22.7 Å². The lowest BCUT2D eigenvalue weighted by Gasteiger charge is -2.32. The Morgan fingerprint density at radius 2 is 1.88 bits per heavy atom. The molecule has 0 bridgehead atoms. The van der Waals surface area contributed by atoms with Gasteiger partial charge in [0.25, 0.3) is 5.91 Å². The van der Waals surface area contributed by atoms with Gasteiger partial charge < -0.3 is 15.7 Å². The number of thiophene rings is 2. The summed E-state index contributed by atoms with van der Waals surface area (Å²) in [5, 5.41) is 9.81. The summed E-state index contributed by atoms with van der Waals surface area (Å²) in [6, 6.07) is 10.5. The van der Waals surface area contributed by atoms with Gasteiger partial charge in [-0.3, -0.25) is 4.79 Å². The average molecular weight is 505 g/mol. The molecule has 0 radical (unpaired) electrons. The van der Waals surface area contributed by atoms with Crippen molar-refractivity contribution < 1.29 is 27.9 Å². The molecule has 3 aromatic rings. The van der Waals surface area contributed by atoms with Crippen LogP contribution in [0.15, 0.2) is 35.7 Å². The second-order valence-electron chi connectivity index (χ2n) is 7.21. The van der Waals surface area contributed by atoms with E-state index in [-0.39, 0.29) is 5.91 Å². The Kier molecular flexibility index (Phi) is 7.81. The van der Waals surface area contributed by atoms with E-state index < -0.39 is 12.1 Å². The van der Waals surface area contributed by atoms with Crippen molar-refractivity contribution in [3.8, 4) is 0 Å². The molecule has 1 saturated heterocycles. The smallest absolute Gasteiger partial charge is 0.475 e. The van der Waals surface area contributed by atoms with Gasteiger partial charge in [0, 0.05) is 29.7 Å². The predicted octanol–water partition coefficient (Wildman–Crippen LogP) is 5.73. The predicted molar refractivity (Wildman–Crippen MR) is 121 cm³/mol. The molecule has 1 fully saturated rings. The molecule has 0 saturated carbocycles. The number of nitrogens with two attached hydrogens (primary N) is 1. The molecule has 3 heterocycles. The number of benzene rings is 1. The van der Waals surface area contributed by atoms with Gasteiger partial charge >= 0.3 is 12.1 Å². The fourth-order valence-electron chi connectivity index (χ4n) is 3.45. The van der Waals surface area contributed by atoms with E-state index in [1.54, 1.807) is 11.3 Å². The largest absolute Gasteiger partial charge is 0.490 e. The van der Waals surface area contributed by atoms with Crippen LogP contribution < -0.4 is 5.73 Å². The lowest BCUT2D eigenvalue weighted by atomic mass is 9.88. The van der Waals surface area contributed by atoms with Gasteiger partial charge in [-0.1, -0.05) is 35.9 Å². The van der Waals surface area contributed by atoms with Crippen molar-refractivity contribution in [1.29, 1.82) is 0 Å². The number of likely N-dealkylation sites (tertiary alicyclic amines) is 1. The molecule has 1 aliphatic heterocycles. The molecule has 11 heteroatoms. The molecule has 1 amide bonds. The van der Waals surface area contributed by atoms with E-state index in [0.29, 0.717) is 12.5 Å². The molecule has 0 aliphatic carbocycles. The molecule has 3 N–H and O–H groups in total. The van der Waals surface area contributed by atoms with Crippen molar-refractivity contribution in [2.24, 2.45) is 5.73 Å². The van der Waals surface area contributed by atoms with Crippen LogP contribution in [0.1, 0.15) is 39.6 Å². The van der Waals surface area contributed by atoms with Crippen molar-refractivity contribution >= 4 is 55.6 Å². The number of carboxylic acids is 1. The van der Waals surface area contributed by atoms with Crippen molar-refractivity contribution in [2.75, 3.05) is 13.1 Å². The lowest BCUT2D eigenvalue weighted by molar-refractivity contribution is -0.192. The van der Waals surface area contributed by atoms with Crippen LogP contribution >= 0.6 is 34.3 Å². The van der Waals surface area contributed by atoms with Crippen LogP contribution in [0.25, 0.3) is 9.40 Å². The zero-order valence-corrected chi connectivity index (χ0v) is 19.1. The number of carbonyl (C=O) groups is 2. The first-order valence-electron chi connectivity index (χ1n) is 9.65. The first-order chi connectivity index (χ1) is 15.1. The summed E-state index contributed by atoms with van der Waals surface area (Å²) < 4.78 is 33.9. The maximum absolute atomic E-state index is 12.8. The zero-order valence-electron chi connectivity index (χ0n) is 16.7. The minimum atomic E-state index is -5.08. The lowest BCUT2D eigenvalue weighted by Crippen LogP contribution is -2.37. The molecule has 0 unspecified atom stereocenters. The normalized spacial score (nSPS) is 14.8. The molecule has 0 atom stereocenters. The zero-order chi connectivity index (χ0) is 23.5. The van der Waals surface area contributed by atoms with Gasteiger partial charge in [-0.2, -0.15) is 13.2 Å². The highest BCUT2D eigenvalue weighted by Crippen LogP contribution is 2.38. The molecule has 5 nitrogen and oxygen atoms in total. The Bertz CT molecular complexity index is 1110. The highest BCUT2D eigenvalue weighted by Gasteiger charge is 2.38. The summed E-state index contributed by atoms with van der Waals surface area (Å²) >= 11 is 9.28. The molecular weight excluding hydrogens is 485 g/mol. The summed E-state index contributed by atoms with van der Waals surface area (Å²) in [5.74, 6) is -2.11. The number of piperidine rings is 1. The minimum absolute atomic E-state index is 0.138. The summed E-state index contributed by atoms with van der Waals surface area (Å²) in [6.45, 7) is 2.18. The molecule has 2 aromatic heterocycles. The quantitative estimate of drug-likeness (QED) is 0.477. The standard InChI is InChI=1S/C19H19ClN2OS2.C2HF3O2/c20-15-11-24-16-9-17(25-18(15)16)19(23)22-6-4-13(5-7-22)14-3-1-2-12(8-14)10-21;3-2(4,5)1(6)7/h1-3,8-9,11,13H,4-7,10,21H2;(H,6,7). The highest BCUT2D eigenvalue weighted by molar-refractivity contribution is 7.28. The number of rotatable bonds is 3. The first kappa shape index (κ1) is 24.5. The third kappa shape index (κ3) is 5.80. The van der Waals surface area contributed by atoms with Gasteiger partial charge in [-0.25, -0.2) is 4.79 Å². The van der Waals surface area contributed by atoms with Crippen molar-refractivity contribution in [2.45, 2.75) is 31.5 Å². The molecule has 32 heavy (non-hydrogen) atoms. The number of fused-ring (bicyclic) bond motifs is 1. The van der Waals surface area contributed by atoms with Gasteiger partial charge in [0.15, 0.2) is 0 Å². The van der Waals surface area contributed by atoms with E-state index in [9.17, 15) is 18.0 Å². The number of alkyl halides is 3. The van der Waals surface area contributed by atoms with E-state index in [2.05, 4.69) is 24.3 Å². The Labute approximate surface area is 195 Å². The maximum Gasteiger partial charge on any atom is 0.490 e. The highest BCUT2D eigenvalue weighted by atomic mass is 35.5. The van der Waals surface area contributed by atoms with Gasteiger partial charge in [-0.05, 0) is 36.0 Å². The van der Waals surface area contributed by atoms with Gasteiger partial charge in [0.2, 0.25) is 0 Å². The second-order valence-corrected chi connectivity index (χ2v) is 9.58. The summed E-state index contributed by atoms with van der Waals surface area (Å²) in [6.07, 6.45) is -3.08. The van der Waals surface area contributed by atoms with Crippen LogP contribution in [0.5, 0.6) is 0 Å². The summed E-state index contributed by atoms with van der Waals surface area (Å²) in [7, 11) is 0. The Hall–Kier alpha value is -2.14. The van der Waals surface area contributed by atoms with Gasteiger partial charge in [0.1, 0.15) is 0 Å². The number of amides is 1. The van der Waals surface area contributed by atoms with Crippen LogP contribution in [0.2, 0.25) is 5.02 Å². The van der Waals surface area contributed by atoms with Crippen molar-refractivity contribution in [3.63, 3.8) is 0 Å². The number of hydrogen-bond donors (Lipinski definition) is 2. The van der Waals surface area contributed by atoms with E-state index in [0.717, 1.165) is 45.2 Å². The van der Waals surface area contributed by atoms with Crippen molar-refractivity contribution in [1.82, 2.24) is 4.90 Å². The topological polar surface area (TPSA) is 83.6 Å². The number of carbonyl (C=O) groups excluding carboxylic acids is 1. The Morgan fingerprint density at radius 3 is 2.44 bits per heavy atom. The molecule has 4 rings (SSSR count). The minimum Gasteiger partial charge on any atom is -0.475 e. The van der Waals surface area contributed by atoms with Crippen LogP contribution in [0.4, 0.5) is 13.2 Å². The second kappa shape index (κ2) is 10.2. The SMILES string of the molecule is NCc1cccc(C2CCN(C(=O)c3cc4scc(Cl)c4s3)CC2)c1.O=C(O)C(F)(F)F. The van der Waals surface area contributed by atoms with Gasteiger partial charge in [0.05, 0.1) is 14.6 Å². The molecule has 0 spiro atoms. The summed E-state index contributed by atoms with van der Waals surface area (Å²) in [5.41, 5.74) is 8.27. The van der Waals surface area contributed by atoms with E-state index in [1.807, 2.05) is 16.3 Å². The van der Waals surface area contributed by atoms with Crippen LogP contribution in [-0.2, 0) is 11.3 Å². The number of nitrogens with zero attached hydrogens (tertiary/aromatic N) is 1. The number of hydrogen-bond acceptors (Lipinski definition) is 5. The monoisotopic (exact) mass is 504 g/mol. The van der Waals surface area contributed by atoms with Crippen LogP contribution in [-0.4, -0.2) is 41.1 Å². The molecule has 1 aliphatic rings. The first-order valence-corrected chi connectivity index (χ1v) is 11.7. The molecule has 1 aromatic carbocycles. The van der Waals surface area contributed by atoms with E-state index in [4.69, 9.17) is 27.2 Å². The Balaban J connectivity index is 0.000000360. The fraction of sp³-hybridized carbons (Fsp3) is 0.333. The third-order valence-electron chi connectivity index (χ3n) is 5.10. The van der Waals surface area contributed by atoms with E-state index >= 15 is 0 Å². The molecule has 172 valence electrons. The van der Waals surface area contributed by atoms with Crippen molar-refractivity contribution in [3.05, 3.63) is 56.7 Å². The number of aliphatic carboxylic acids is 1. The van der Waals surface area contributed by atoms with E-state index in [1.165, 1.54) is 22.5 Å². The fourth-order valence-corrected chi connectivity index (χ4v) is 5.95.